The predicted octanol–water partition coefficient (Wildman–Crippen LogP) is 2.81. The molecule has 0 fully saturated rings. The van der Waals surface area contributed by atoms with Crippen LogP contribution >= 0.6 is 0 Å². The topological polar surface area (TPSA) is 29.3 Å². The predicted molar refractivity (Wildman–Crippen MR) is 66.6 cm³/mol. The molecule has 3 heteroatoms. The maximum Gasteiger partial charge on any atom is 0.146 e. The zero-order valence-corrected chi connectivity index (χ0v) is 9.75. The molecule has 1 aromatic rings. The molecular weight excluding hydrogens is 203 g/mol. The lowest BCUT2D eigenvalue weighted by Gasteiger charge is -2.19. The standard InChI is InChI=1S/C13H19FN2/c1-3-7-16(8-4-2)10-11-5-6-13(15)12(14)9-11/h3,5-6,9H,1,4,7-8,10,15H2,2H3. The van der Waals surface area contributed by atoms with E-state index in [9.17, 15) is 4.39 Å². The minimum atomic E-state index is -0.340. The monoisotopic (exact) mass is 222 g/mol. The highest BCUT2D eigenvalue weighted by Crippen LogP contribution is 2.13. The van der Waals surface area contributed by atoms with Crippen molar-refractivity contribution in [3.05, 3.63) is 42.2 Å². The second-order valence-corrected chi connectivity index (χ2v) is 3.88. The van der Waals surface area contributed by atoms with E-state index < -0.39 is 0 Å². The van der Waals surface area contributed by atoms with Gasteiger partial charge in [-0.15, -0.1) is 6.58 Å². The molecule has 0 amide bonds. The normalized spacial score (nSPS) is 10.7. The number of hydrogen-bond donors (Lipinski definition) is 1. The summed E-state index contributed by atoms with van der Waals surface area (Å²) in [7, 11) is 0. The Morgan fingerprint density at radius 2 is 2.25 bits per heavy atom. The number of nitrogens with two attached hydrogens (primary N) is 1. The van der Waals surface area contributed by atoms with Gasteiger partial charge >= 0.3 is 0 Å². The Bertz CT molecular complexity index is 350. The van der Waals surface area contributed by atoms with Crippen molar-refractivity contribution in [2.24, 2.45) is 0 Å². The van der Waals surface area contributed by atoms with Crippen molar-refractivity contribution in [1.82, 2.24) is 4.90 Å². The highest BCUT2D eigenvalue weighted by atomic mass is 19.1. The molecule has 0 aliphatic carbocycles. The van der Waals surface area contributed by atoms with E-state index in [0.717, 1.165) is 31.6 Å². The zero-order chi connectivity index (χ0) is 12.0. The number of halogens is 1. The first-order chi connectivity index (χ1) is 7.67. The van der Waals surface area contributed by atoms with Crippen LogP contribution in [0.15, 0.2) is 30.9 Å². The lowest BCUT2D eigenvalue weighted by molar-refractivity contribution is 0.295. The summed E-state index contributed by atoms with van der Waals surface area (Å²) in [4.78, 5) is 2.22. The summed E-state index contributed by atoms with van der Waals surface area (Å²) < 4.78 is 13.2. The molecule has 0 bridgehead atoms. The van der Waals surface area contributed by atoms with Crippen LogP contribution in [0.4, 0.5) is 10.1 Å². The molecular formula is C13H19FN2. The van der Waals surface area contributed by atoms with Crippen LogP contribution in [-0.4, -0.2) is 18.0 Å². The summed E-state index contributed by atoms with van der Waals surface area (Å²) >= 11 is 0. The fourth-order valence-corrected chi connectivity index (χ4v) is 1.66. The van der Waals surface area contributed by atoms with Gasteiger partial charge < -0.3 is 5.73 Å². The quantitative estimate of drug-likeness (QED) is 0.592. The van der Waals surface area contributed by atoms with E-state index in [0.29, 0.717) is 0 Å². The third-order valence-electron chi connectivity index (χ3n) is 2.40. The van der Waals surface area contributed by atoms with Crippen LogP contribution in [0, 0.1) is 5.82 Å². The summed E-state index contributed by atoms with van der Waals surface area (Å²) in [6.07, 6.45) is 2.94. The van der Waals surface area contributed by atoms with E-state index in [2.05, 4.69) is 18.4 Å². The molecule has 0 spiro atoms. The molecule has 0 atom stereocenters. The van der Waals surface area contributed by atoms with Gasteiger partial charge in [-0.3, -0.25) is 4.90 Å². The van der Waals surface area contributed by atoms with Gasteiger partial charge in [0.1, 0.15) is 5.82 Å². The van der Waals surface area contributed by atoms with E-state index in [1.807, 2.05) is 12.1 Å². The van der Waals surface area contributed by atoms with Crippen LogP contribution in [0.5, 0.6) is 0 Å². The molecule has 16 heavy (non-hydrogen) atoms. The Morgan fingerprint density at radius 3 is 2.81 bits per heavy atom. The van der Waals surface area contributed by atoms with Crippen LogP contribution in [0.2, 0.25) is 0 Å². The Hall–Kier alpha value is -1.35. The summed E-state index contributed by atoms with van der Waals surface area (Å²) in [6.45, 7) is 8.38. The van der Waals surface area contributed by atoms with Crippen LogP contribution in [0.25, 0.3) is 0 Å². The Balaban J connectivity index is 2.68. The number of benzene rings is 1. The number of anilines is 1. The maximum atomic E-state index is 13.2. The highest BCUT2D eigenvalue weighted by Gasteiger charge is 2.05. The van der Waals surface area contributed by atoms with Crippen molar-refractivity contribution in [3.63, 3.8) is 0 Å². The first kappa shape index (κ1) is 12.7. The van der Waals surface area contributed by atoms with E-state index in [-0.39, 0.29) is 11.5 Å². The first-order valence-corrected chi connectivity index (χ1v) is 5.54. The molecule has 0 saturated heterocycles. The molecule has 0 aliphatic rings. The van der Waals surface area contributed by atoms with E-state index >= 15 is 0 Å². The fourth-order valence-electron chi connectivity index (χ4n) is 1.66. The lowest BCUT2D eigenvalue weighted by Crippen LogP contribution is -2.24. The molecule has 1 rings (SSSR count). The molecule has 0 aliphatic heterocycles. The summed E-state index contributed by atoms with van der Waals surface area (Å²) in [6, 6.07) is 4.98. The number of nitrogen functional groups attached to an aromatic ring is 1. The minimum absolute atomic E-state index is 0.203. The van der Waals surface area contributed by atoms with Gasteiger partial charge in [-0.1, -0.05) is 19.1 Å². The molecule has 0 unspecified atom stereocenters. The Morgan fingerprint density at radius 1 is 1.50 bits per heavy atom. The Labute approximate surface area is 96.6 Å². The van der Waals surface area contributed by atoms with Gasteiger partial charge in [0.2, 0.25) is 0 Å². The number of nitrogens with zero attached hydrogens (tertiary/aromatic N) is 1. The van der Waals surface area contributed by atoms with E-state index in [4.69, 9.17) is 5.73 Å². The SMILES string of the molecule is C=CCN(CCC)Cc1ccc(N)c(F)c1. The van der Waals surface area contributed by atoms with E-state index in [1.54, 1.807) is 6.07 Å². The summed E-state index contributed by atoms with van der Waals surface area (Å²) in [5, 5.41) is 0. The van der Waals surface area contributed by atoms with Gasteiger partial charge in [0.15, 0.2) is 0 Å². The molecule has 88 valence electrons. The van der Waals surface area contributed by atoms with Crippen molar-refractivity contribution in [3.8, 4) is 0 Å². The van der Waals surface area contributed by atoms with Gasteiger partial charge in [0.05, 0.1) is 5.69 Å². The third-order valence-corrected chi connectivity index (χ3v) is 2.40. The molecule has 2 nitrogen and oxygen atoms in total. The van der Waals surface area contributed by atoms with Gasteiger partial charge in [0.25, 0.3) is 0 Å². The van der Waals surface area contributed by atoms with Crippen LogP contribution in [-0.2, 0) is 6.54 Å². The van der Waals surface area contributed by atoms with Gasteiger partial charge in [0, 0.05) is 13.1 Å². The third kappa shape index (κ3) is 3.66. The number of hydrogen-bond acceptors (Lipinski definition) is 2. The largest absolute Gasteiger partial charge is 0.396 e. The molecule has 0 heterocycles. The van der Waals surface area contributed by atoms with Crippen LogP contribution in [0.1, 0.15) is 18.9 Å². The van der Waals surface area contributed by atoms with Gasteiger partial charge in [-0.25, -0.2) is 4.39 Å². The first-order valence-electron chi connectivity index (χ1n) is 5.54. The second kappa shape index (κ2) is 6.28. The molecule has 0 radical (unpaired) electrons. The smallest absolute Gasteiger partial charge is 0.146 e. The van der Waals surface area contributed by atoms with Crippen LogP contribution in [0.3, 0.4) is 0 Å². The van der Waals surface area contributed by atoms with Crippen molar-refractivity contribution >= 4 is 5.69 Å². The van der Waals surface area contributed by atoms with Gasteiger partial charge in [-0.05, 0) is 30.7 Å². The molecule has 0 aromatic heterocycles. The van der Waals surface area contributed by atoms with Crippen molar-refractivity contribution < 1.29 is 4.39 Å². The summed E-state index contributed by atoms with van der Waals surface area (Å²) in [5.41, 5.74) is 6.58. The molecule has 2 N–H and O–H groups in total. The van der Waals surface area contributed by atoms with Crippen molar-refractivity contribution in [2.45, 2.75) is 19.9 Å². The lowest BCUT2D eigenvalue weighted by atomic mass is 10.2. The fraction of sp³-hybridized carbons (Fsp3) is 0.385. The number of rotatable bonds is 6. The van der Waals surface area contributed by atoms with Crippen molar-refractivity contribution in [2.75, 3.05) is 18.8 Å². The van der Waals surface area contributed by atoms with Gasteiger partial charge in [-0.2, -0.15) is 0 Å². The van der Waals surface area contributed by atoms with E-state index in [1.165, 1.54) is 6.07 Å². The summed E-state index contributed by atoms with van der Waals surface area (Å²) in [5.74, 6) is -0.340. The molecule has 0 saturated carbocycles. The minimum Gasteiger partial charge on any atom is -0.396 e. The maximum absolute atomic E-state index is 13.2. The highest BCUT2D eigenvalue weighted by molar-refractivity contribution is 5.41. The Kier molecular flexibility index (Phi) is 4.99. The average Bonchev–Trinajstić information content (AvgIpc) is 2.24. The second-order valence-electron chi connectivity index (χ2n) is 3.88. The average molecular weight is 222 g/mol. The molecule has 1 aromatic carbocycles. The zero-order valence-electron chi connectivity index (χ0n) is 9.75. The van der Waals surface area contributed by atoms with Crippen molar-refractivity contribution in [1.29, 1.82) is 0 Å². The van der Waals surface area contributed by atoms with Crippen LogP contribution < -0.4 is 5.73 Å².